The Kier molecular flexibility index (Phi) is 5.66. The van der Waals surface area contributed by atoms with Crippen molar-refractivity contribution < 1.29 is 14.6 Å². The Morgan fingerprint density at radius 3 is 2.30 bits per heavy atom. The summed E-state index contributed by atoms with van der Waals surface area (Å²) < 4.78 is 6.57. The summed E-state index contributed by atoms with van der Waals surface area (Å²) in [7, 11) is 0. The van der Waals surface area contributed by atoms with Crippen molar-refractivity contribution in [2.45, 2.75) is 6.54 Å². The number of aliphatic hydroxyl groups excluding tert-OH is 2. The Hall–Kier alpha value is -1.28. The van der Waals surface area contributed by atoms with E-state index in [0.29, 0.717) is 31.4 Å². The van der Waals surface area contributed by atoms with E-state index >= 15 is 0 Å². The zero-order valence-electron chi connectivity index (χ0n) is 10.9. The summed E-state index contributed by atoms with van der Waals surface area (Å²) in [5.41, 5.74) is 0.850. The summed E-state index contributed by atoms with van der Waals surface area (Å²) >= 11 is 3.37. The van der Waals surface area contributed by atoms with Crippen molar-refractivity contribution >= 4 is 15.9 Å². The van der Waals surface area contributed by atoms with Crippen LogP contribution in [0.5, 0.6) is 0 Å². The first-order valence-electron chi connectivity index (χ1n) is 6.25. The fourth-order valence-electron chi connectivity index (χ4n) is 1.77. The van der Waals surface area contributed by atoms with Gasteiger partial charge in [0, 0.05) is 23.1 Å². The largest absolute Gasteiger partial charge is 0.419 e. The van der Waals surface area contributed by atoms with Crippen LogP contribution in [-0.4, -0.2) is 51.6 Å². The van der Waals surface area contributed by atoms with Gasteiger partial charge in [0.25, 0.3) is 0 Å². The summed E-state index contributed by atoms with van der Waals surface area (Å²) in [6.07, 6.45) is 0. The second kappa shape index (κ2) is 7.49. The van der Waals surface area contributed by atoms with Crippen molar-refractivity contribution in [2.24, 2.45) is 0 Å². The van der Waals surface area contributed by atoms with E-state index in [4.69, 9.17) is 14.6 Å². The van der Waals surface area contributed by atoms with E-state index in [1.165, 1.54) is 0 Å². The van der Waals surface area contributed by atoms with Crippen molar-refractivity contribution in [3.63, 3.8) is 0 Å². The van der Waals surface area contributed by atoms with Crippen LogP contribution in [0.3, 0.4) is 0 Å². The molecule has 108 valence electrons. The number of hydrogen-bond donors (Lipinski definition) is 2. The van der Waals surface area contributed by atoms with Crippen molar-refractivity contribution in [1.29, 1.82) is 0 Å². The minimum Gasteiger partial charge on any atom is -0.419 e. The molecule has 1 heterocycles. The third-order valence-corrected chi connectivity index (χ3v) is 3.28. The standard InChI is InChI=1S/C13H16BrN3O3/c14-11-3-1-10(2-4-11)13-16-15-12(20-13)9-17(5-7-18)6-8-19/h1-4,18-19H,5-9H2. The lowest BCUT2D eigenvalue weighted by Crippen LogP contribution is -2.29. The molecule has 0 aliphatic carbocycles. The average molecular weight is 342 g/mol. The molecular weight excluding hydrogens is 326 g/mol. The molecule has 0 bridgehead atoms. The van der Waals surface area contributed by atoms with Gasteiger partial charge in [-0.1, -0.05) is 15.9 Å². The van der Waals surface area contributed by atoms with Gasteiger partial charge in [-0.3, -0.25) is 4.90 Å². The lowest BCUT2D eigenvalue weighted by atomic mass is 10.2. The SMILES string of the molecule is OCCN(CCO)Cc1nnc(-c2ccc(Br)cc2)o1. The number of hydrogen-bond acceptors (Lipinski definition) is 6. The fraction of sp³-hybridized carbons (Fsp3) is 0.385. The number of aromatic nitrogens is 2. The van der Waals surface area contributed by atoms with E-state index in [2.05, 4.69) is 26.1 Å². The molecule has 0 saturated carbocycles. The predicted octanol–water partition coefficient (Wildman–Crippen LogP) is 1.29. The maximum absolute atomic E-state index is 8.96. The Balaban J connectivity index is 2.06. The van der Waals surface area contributed by atoms with Crippen LogP contribution in [0.2, 0.25) is 0 Å². The molecular formula is C13H16BrN3O3. The molecule has 0 amide bonds. The monoisotopic (exact) mass is 341 g/mol. The van der Waals surface area contributed by atoms with E-state index in [0.717, 1.165) is 10.0 Å². The zero-order chi connectivity index (χ0) is 14.4. The molecule has 20 heavy (non-hydrogen) atoms. The minimum atomic E-state index is 0.0215. The summed E-state index contributed by atoms with van der Waals surface area (Å²) in [5, 5.41) is 25.9. The normalized spacial score (nSPS) is 11.2. The maximum atomic E-state index is 8.96. The molecule has 0 unspecified atom stereocenters. The van der Waals surface area contributed by atoms with Gasteiger partial charge < -0.3 is 14.6 Å². The summed E-state index contributed by atoms with van der Waals surface area (Å²) in [6.45, 7) is 1.36. The molecule has 0 aliphatic heterocycles. The first-order chi connectivity index (χ1) is 9.72. The molecule has 0 radical (unpaired) electrons. The van der Waals surface area contributed by atoms with E-state index in [1.807, 2.05) is 29.2 Å². The average Bonchev–Trinajstić information content (AvgIpc) is 2.89. The zero-order valence-corrected chi connectivity index (χ0v) is 12.5. The third kappa shape index (κ3) is 4.11. The summed E-state index contributed by atoms with van der Waals surface area (Å²) in [6, 6.07) is 7.59. The Labute approximate surface area is 125 Å². The highest BCUT2D eigenvalue weighted by Gasteiger charge is 2.12. The fourth-order valence-corrected chi connectivity index (χ4v) is 2.04. The lowest BCUT2D eigenvalue weighted by molar-refractivity contribution is 0.147. The van der Waals surface area contributed by atoms with Crippen LogP contribution in [0.4, 0.5) is 0 Å². The van der Waals surface area contributed by atoms with Crippen LogP contribution in [0.25, 0.3) is 11.5 Å². The highest BCUT2D eigenvalue weighted by molar-refractivity contribution is 9.10. The molecule has 0 saturated heterocycles. The van der Waals surface area contributed by atoms with E-state index in [9.17, 15) is 0 Å². The van der Waals surface area contributed by atoms with Gasteiger partial charge in [-0.25, -0.2) is 0 Å². The number of halogens is 1. The number of aliphatic hydroxyl groups is 2. The molecule has 1 aromatic carbocycles. The first-order valence-corrected chi connectivity index (χ1v) is 7.04. The number of benzene rings is 1. The minimum absolute atomic E-state index is 0.0215. The highest BCUT2D eigenvalue weighted by atomic mass is 79.9. The quantitative estimate of drug-likeness (QED) is 0.789. The van der Waals surface area contributed by atoms with Gasteiger partial charge in [0.2, 0.25) is 11.8 Å². The van der Waals surface area contributed by atoms with Crippen LogP contribution in [0.15, 0.2) is 33.2 Å². The van der Waals surface area contributed by atoms with Gasteiger partial charge in [-0.2, -0.15) is 0 Å². The second-order valence-corrected chi connectivity index (χ2v) is 5.15. The van der Waals surface area contributed by atoms with Gasteiger partial charge in [-0.15, -0.1) is 10.2 Å². The highest BCUT2D eigenvalue weighted by Crippen LogP contribution is 2.20. The van der Waals surface area contributed by atoms with Crippen molar-refractivity contribution in [3.05, 3.63) is 34.6 Å². The molecule has 2 rings (SSSR count). The predicted molar refractivity (Wildman–Crippen MR) is 76.9 cm³/mol. The summed E-state index contributed by atoms with van der Waals surface area (Å²) in [5.74, 6) is 0.922. The van der Waals surface area contributed by atoms with Crippen molar-refractivity contribution in [2.75, 3.05) is 26.3 Å². The van der Waals surface area contributed by atoms with Gasteiger partial charge in [-0.05, 0) is 24.3 Å². The Bertz CT molecular complexity index is 524. The molecule has 0 spiro atoms. The van der Waals surface area contributed by atoms with Crippen LogP contribution in [0, 0.1) is 0 Å². The van der Waals surface area contributed by atoms with Crippen LogP contribution < -0.4 is 0 Å². The molecule has 2 aromatic rings. The second-order valence-electron chi connectivity index (χ2n) is 4.23. The number of nitrogens with zero attached hydrogens (tertiary/aromatic N) is 3. The molecule has 0 atom stereocenters. The summed E-state index contributed by atoms with van der Waals surface area (Å²) in [4.78, 5) is 1.85. The third-order valence-electron chi connectivity index (χ3n) is 2.75. The molecule has 6 nitrogen and oxygen atoms in total. The Morgan fingerprint density at radius 2 is 1.70 bits per heavy atom. The van der Waals surface area contributed by atoms with Crippen molar-refractivity contribution in [3.8, 4) is 11.5 Å². The maximum Gasteiger partial charge on any atom is 0.247 e. The molecule has 2 N–H and O–H groups in total. The smallest absolute Gasteiger partial charge is 0.247 e. The van der Waals surface area contributed by atoms with Gasteiger partial charge in [0.05, 0.1) is 19.8 Å². The lowest BCUT2D eigenvalue weighted by Gasteiger charge is -2.17. The van der Waals surface area contributed by atoms with Gasteiger partial charge in [0.15, 0.2) is 0 Å². The molecule has 7 heteroatoms. The van der Waals surface area contributed by atoms with E-state index in [-0.39, 0.29) is 13.2 Å². The van der Waals surface area contributed by atoms with Crippen molar-refractivity contribution in [1.82, 2.24) is 15.1 Å². The first kappa shape index (κ1) is 15.1. The molecule has 0 aliphatic rings. The van der Waals surface area contributed by atoms with Crippen LogP contribution >= 0.6 is 15.9 Å². The molecule has 0 fully saturated rings. The topological polar surface area (TPSA) is 82.6 Å². The Morgan fingerprint density at radius 1 is 1.05 bits per heavy atom. The van der Waals surface area contributed by atoms with Gasteiger partial charge in [0.1, 0.15) is 0 Å². The van der Waals surface area contributed by atoms with E-state index in [1.54, 1.807) is 0 Å². The molecule has 1 aromatic heterocycles. The number of rotatable bonds is 7. The van der Waals surface area contributed by atoms with Gasteiger partial charge >= 0.3 is 0 Å². The van der Waals surface area contributed by atoms with E-state index < -0.39 is 0 Å². The van der Waals surface area contributed by atoms with Crippen LogP contribution in [-0.2, 0) is 6.54 Å². The van der Waals surface area contributed by atoms with Crippen LogP contribution in [0.1, 0.15) is 5.89 Å².